The number of ether oxygens (including phenoxy) is 1. The molecule has 0 aromatic heterocycles. The second-order valence-corrected chi connectivity index (χ2v) is 4.63. The van der Waals surface area contributed by atoms with Crippen LogP contribution in [-0.2, 0) is 9.53 Å². The molecule has 116 valence electrons. The Hall–Kier alpha value is -2.96. The number of carbonyl (C=O) groups is 1. The lowest BCUT2D eigenvalue weighted by Gasteiger charge is -2.00. The minimum atomic E-state index is -1.08. The van der Waals surface area contributed by atoms with E-state index in [2.05, 4.69) is 4.99 Å². The summed E-state index contributed by atoms with van der Waals surface area (Å²) in [6, 6.07) is 5.71. The smallest absolute Gasteiger partial charge is 0.363 e. The maximum Gasteiger partial charge on any atom is 0.363 e. The Morgan fingerprint density at radius 2 is 1.70 bits per heavy atom. The molecule has 3 nitrogen and oxygen atoms in total. The van der Waals surface area contributed by atoms with Crippen molar-refractivity contribution < 1.29 is 27.1 Å². The van der Waals surface area contributed by atoms with Crippen LogP contribution in [-0.4, -0.2) is 11.9 Å². The first-order chi connectivity index (χ1) is 10.9. The summed E-state index contributed by atoms with van der Waals surface area (Å²) >= 11 is 0. The molecule has 0 radical (unpaired) electrons. The summed E-state index contributed by atoms with van der Waals surface area (Å²) in [6.07, 6.45) is 1.17. The van der Waals surface area contributed by atoms with Gasteiger partial charge in [0, 0.05) is 6.07 Å². The van der Waals surface area contributed by atoms with E-state index in [1.165, 1.54) is 12.1 Å². The molecule has 7 heteroatoms. The topological polar surface area (TPSA) is 38.7 Å². The Bertz CT molecular complexity index is 874. The molecule has 1 heterocycles. The minimum absolute atomic E-state index is 0.181. The molecule has 0 aliphatic carbocycles. The largest absolute Gasteiger partial charge is 0.402 e. The van der Waals surface area contributed by atoms with Crippen LogP contribution in [0.4, 0.5) is 17.6 Å². The predicted molar refractivity (Wildman–Crippen MR) is 73.3 cm³/mol. The minimum Gasteiger partial charge on any atom is -0.402 e. The van der Waals surface area contributed by atoms with Crippen molar-refractivity contribution in [3.63, 3.8) is 0 Å². The summed E-state index contributed by atoms with van der Waals surface area (Å²) in [5, 5.41) is 0. The summed E-state index contributed by atoms with van der Waals surface area (Å²) in [7, 11) is 0. The van der Waals surface area contributed by atoms with Gasteiger partial charge >= 0.3 is 5.97 Å². The lowest BCUT2D eigenvalue weighted by Crippen LogP contribution is -2.07. The van der Waals surface area contributed by atoms with E-state index in [4.69, 9.17) is 4.74 Å². The van der Waals surface area contributed by atoms with Gasteiger partial charge in [0.2, 0.25) is 5.90 Å². The summed E-state index contributed by atoms with van der Waals surface area (Å²) in [5.41, 5.74) is -0.219. The van der Waals surface area contributed by atoms with Crippen LogP contribution in [0.15, 0.2) is 47.1 Å². The van der Waals surface area contributed by atoms with Crippen molar-refractivity contribution in [2.45, 2.75) is 0 Å². The van der Waals surface area contributed by atoms with Crippen LogP contribution < -0.4 is 0 Å². The van der Waals surface area contributed by atoms with Crippen molar-refractivity contribution in [3.05, 3.63) is 76.5 Å². The van der Waals surface area contributed by atoms with E-state index in [0.29, 0.717) is 6.07 Å². The van der Waals surface area contributed by atoms with E-state index in [1.54, 1.807) is 0 Å². The van der Waals surface area contributed by atoms with Crippen LogP contribution >= 0.6 is 0 Å². The van der Waals surface area contributed by atoms with Gasteiger partial charge in [-0.1, -0.05) is 6.07 Å². The lowest BCUT2D eigenvalue weighted by atomic mass is 10.2. The first-order valence-corrected chi connectivity index (χ1v) is 6.37. The van der Waals surface area contributed by atoms with Gasteiger partial charge in [-0.2, -0.15) is 0 Å². The number of carbonyl (C=O) groups excluding carboxylic acids is 1. The van der Waals surface area contributed by atoms with Crippen molar-refractivity contribution in [1.82, 2.24) is 0 Å². The van der Waals surface area contributed by atoms with Gasteiger partial charge in [0.15, 0.2) is 17.3 Å². The molecule has 0 unspecified atom stereocenters. The van der Waals surface area contributed by atoms with Gasteiger partial charge < -0.3 is 4.74 Å². The first-order valence-electron chi connectivity index (χ1n) is 6.37. The maximum atomic E-state index is 13.7. The third-order valence-electron chi connectivity index (χ3n) is 3.03. The van der Waals surface area contributed by atoms with Crippen molar-refractivity contribution in [2.24, 2.45) is 4.99 Å². The van der Waals surface area contributed by atoms with Gasteiger partial charge in [0.25, 0.3) is 0 Å². The molecule has 1 aliphatic rings. The van der Waals surface area contributed by atoms with Crippen molar-refractivity contribution in [2.75, 3.05) is 0 Å². The second-order valence-electron chi connectivity index (χ2n) is 4.63. The molecule has 0 N–H and O–H groups in total. The van der Waals surface area contributed by atoms with E-state index >= 15 is 0 Å². The molecule has 2 aromatic carbocycles. The van der Waals surface area contributed by atoms with E-state index < -0.39 is 29.2 Å². The monoisotopic (exact) mass is 321 g/mol. The van der Waals surface area contributed by atoms with Gasteiger partial charge in [-0.15, -0.1) is 0 Å². The highest BCUT2D eigenvalue weighted by Crippen LogP contribution is 2.21. The fourth-order valence-corrected chi connectivity index (χ4v) is 1.95. The van der Waals surface area contributed by atoms with Crippen LogP contribution in [0.2, 0.25) is 0 Å². The summed E-state index contributed by atoms with van der Waals surface area (Å²) in [5.74, 6) is -5.05. The predicted octanol–water partition coefficient (Wildman–Crippen LogP) is 3.59. The summed E-state index contributed by atoms with van der Waals surface area (Å²) < 4.78 is 57.4. The van der Waals surface area contributed by atoms with Gasteiger partial charge in [-0.05, 0) is 35.9 Å². The average Bonchev–Trinajstić information content (AvgIpc) is 2.84. The SMILES string of the molecule is O=C1OC(c2ccc(F)cc2F)=N/C1=C/c1ccc(F)c(F)c1. The molecular weight excluding hydrogens is 314 g/mol. The van der Waals surface area contributed by atoms with Crippen molar-refractivity contribution in [1.29, 1.82) is 0 Å². The van der Waals surface area contributed by atoms with Gasteiger partial charge in [0.05, 0.1) is 5.56 Å². The van der Waals surface area contributed by atoms with Crippen molar-refractivity contribution >= 4 is 17.9 Å². The van der Waals surface area contributed by atoms with Crippen LogP contribution in [0.3, 0.4) is 0 Å². The molecule has 0 saturated carbocycles. The molecule has 0 bridgehead atoms. The molecule has 1 aliphatic heterocycles. The van der Waals surface area contributed by atoms with E-state index in [0.717, 1.165) is 24.3 Å². The van der Waals surface area contributed by atoms with Crippen LogP contribution in [0.1, 0.15) is 11.1 Å². The number of esters is 1. The number of halogens is 4. The Balaban J connectivity index is 1.97. The van der Waals surface area contributed by atoms with Gasteiger partial charge in [0.1, 0.15) is 11.6 Å². The Labute approximate surface area is 127 Å². The standard InChI is InChI=1S/C16H7F4NO2/c17-9-2-3-10(12(19)7-9)15-21-14(16(22)23-15)6-8-1-4-11(18)13(20)5-8/h1-7H/b14-6+. The average molecular weight is 321 g/mol. The molecule has 0 fully saturated rings. The van der Waals surface area contributed by atoms with Crippen molar-refractivity contribution in [3.8, 4) is 0 Å². The lowest BCUT2D eigenvalue weighted by molar-refractivity contribution is -0.129. The Morgan fingerprint density at radius 3 is 2.39 bits per heavy atom. The fourth-order valence-electron chi connectivity index (χ4n) is 1.95. The van der Waals surface area contributed by atoms with Gasteiger partial charge in [-0.3, -0.25) is 0 Å². The molecule has 23 heavy (non-hydrogen) atoms. The number of nitrogens with zero attached hydrogens (tertiary/aromatic N) is 1. The molecule has 3 rings (SSSR count). The maximum absolute atomic E-state index is 13.7. The summed E-state index contributed by atoms with van der Waals surface area (Å²) in [6.45, 7) is 0. The molecule has 0 spiro atoms. The zero-order valence-corrected chi connectivity index (χ0v) is 11.3. The second kappa shape index (κ2) is 5.68. The van der Waals surface area contributed by atoms with E-state index in [-0.39, 0.29) is 22.7 Å². The van der Waals surface area contributed by atoms with Gasteiger partial charge in [-0.25, -0.2) is 27.3 Å². The van der Waals surface area contributed by atoms with Crippen LogP contribution in [0.5, 0.6) is 0 Å². The molecule has 0 atom stereocenters. The zero-order chi connectivity index (χ0) is 16.6. The molecule has 0 amide bonds. The normalized spacial score (nSPS) is 15.7. The number of hydrogen-bond donors (Lipinski definition) is 0. The number of aliphatic imine (C=N–C) groups is 1. The van der Waals surface area contributed by atoms with E-state index in [9.17, 15) is 22.4 Å². The number of hydrogen-bond acceptors (Lipinski definition) is 3. The Morgan fingerprint density at radius 1 is 0.913 bits per heavy atom. The molecule has 2 aromatic rings. The third kappa shape index (κ3) is 2.98. The highest BCUT2D eigenvalue weighted by atomic mass is 19.2. The number of benzene rings is 2. The third-order valence-corrected chi connectivity index (χ3v) is 3.03. The fraction of sp³-hybridized carbons (Fsp3) is 0. The molecule has 0 saturated heterocycles. The highest BCUT2D eigenvalue weighted by molar-refractivity contribution is 6.12. The molecular formula is C16H7F4NO2. The highest BCUT2D eigenvalue weighted by Gasteiger charge is 2.26. The zero-order valence-electron chi connectivity index (χ0n) is 11.3. The summed E-state index contributed by atoms with van der Waals surface area (Å²) in [4.78, 5) is 15.5. The number of cyclic esters (lactones) is 1. The Kier molecular flexibility index (Phi) is 3.69. The first kappa shape index (κ1) is 15.0. The van der Waals surface area contributed by atoms with Crippen LogP contribution in [0, 0.1) is 23.3 Å². The van der Waals surface area contributed by atoms with Crippen LogP contribution in [0.25, 0.3) is 6.08 Å². The number of rotatable bonds is 2. The quantitative estimate of drug-likeness (QED) is 0.482. The van der Waals surface area contributed by atoms with E-state index in [1.807, 2.05) is 0 Å².